The van der Waals surface area contributed by atoms with Crippen molar-refractivity contribution in [2.24, 2.45) is 0 Å². The van der Waals surface area contributed by atoms with Crippen molar-refractivity contribution in [1.29, 1.82) is 0 Å². The topological polar surface area (TPSA) is 48.1 Å². The highest BCUT2D eigenvalue weighted by Crippen LogP contribution is 2.37. The number of hydrogen-bond donors (Lipinski definition) is 0. The first kappa shape index (κ1) is 20.1. The maximum absolute atomic E-state index is 8.79. The Balaban J connectivity index is 1.72. The highest BCUT2D eigenvalue weighted by Gasteiger charge is 2.23. The van der Waals surface area contributed by atoms with E-state index in [-0.39, 0.29) is 19.1 Å². The minimum atomic E-state index is -1.18. The number of rotatable bonds is 7. The van der Waals surface area contributed by atoms with Crippen LogP contribution in [0.15, 0.2) is 29.2 Å². The highest BCUT2D eigenvalue weighted by molar-refractivity contribution is 9.10. The zero-order valence-electron chi connectivity index (χ0n) is 21.2. The molecule has 8 heteroatoms. The summed E-state index contributed by atoms with van der Waals surface area (Å²) in [4.78, 5) is 7.01. The van der Waals surface area contributed by atoms with Crippen LogP contribution in [0.1, 0.15) is 27.3 Å². The molecule has 3 aromatic heterocycles. The quantitative estimate of drug-likeness (QED) is 0.240. The van der Waals surface area contributed by atoms with Crippen molar-refractivity contribution in [2.45, 2.75) is 58.2 Å². The van der Waals surface area contributed by atoms with Gasteiger partial charge in [0.1, 0.15) is 11.3 Å². The monoisotopic (exact) mass is 505 g/mol. The lowest BCUT2D eigenvalue weighted by Gasteiger charge is -2.30. The van der Waals surface area contributed by atoms with Crippen LogP contribution < -0.4 is 0 Å². The Kier molecular flexibility index (Phi) is 5.96. The van der Waals surface area contributed by atoms with Crippen molar-refractivity contribution in [3.8, 4) is 11.1 Å². The predicted molar refractivity (Wildman–Crippen MR) is 133 cm³/mol. The molecule has 0 atom stereocenters. The van der Waals surface area contributed by atoms with Crippen molar-refractivity contribution < 1.29 is 7.48 Å². The summed E-state index contributed by atoms with van der Waals surface area (Å²) in [6, 6.07) is 3.44. The molecule has 31 heavy (non-hydrogen) atoms. The Morgan fingerprint density at radius 2 is 2.03 bits per heavy atom. The van der Waals surface area contributed by atoms with Gasteiger partial charge in [-0.3, -0.25) is 0 Å². The van der Waals surface area contributed by atoms with Crippen LogP contribution in [0.3, 0.4) is 0 Å². The molecule has 0 unspecified atom stereocenters. The zero-order valence-corrected chi connectivity index (χ0v) is 21.8. The minimum absolute atomic E-state index is 0.113. The standard InChI is InChI=1S/C23H34BrN5OSi/c1-17-23-20(12-22(24)26-17)21(15-29(23)19-6-8-27(2)9-7-19)18-13-25-28(14-18)16-30-10-11-31(3,4)5/h12-15,19H,6-11,16H2,1-5H3/i13D,14D. The van der Waals surface area contributed by atoms with Gasteiger partial charge in [-0.15, -0.1) is 0 Å². The maximum atomic E-state index is 8.79. The van der Waals surface area contributed by atoms with E-state index in [1.165, 1.54) is 4.68 Å². The van der Waals surface area contributed by atoms with Gasteiger partial charge in [0.25, 0.3) is 0 Å². The number of fused-ring (bicyclic) bond motifs is 1. The Bertz CT molecular complexity index is 1150. The number of aryl methyl sites for hydroxylation is 1. The van der Waals surface area contributed by atoms with E-state index in [9.17, 15) is 0 Å². The maximum Gasteiger partial charge on any atom is 0.139 e. The summed E-state index contributed by atoms with van der Waals surface area (Å²) in [5, 5.41) is 5.35. The molecule has 0 amide bonds. The lowest BCUT2D eigenvalue weighted by molar-refractivity contribution is 0.0786. The molecule has 1 aliphatic rings. The molecule has 0 bridgehead atoms. The smallest absolute Gasteiger partial charge is 0.139 e. The normalized spacial score (nSPS) is 17.4. The van der Waals surface area contributed by atoms with E-state index in [1.807, 2.05) is 13.0 Å². The van der Waals surface area contributed by atoms with Gasteiger partial charge in [0, 0.05) is 49.6 Å². The fraction of sp³-hybridized carbons (Fsp3) is 0.565. The molecule has 4 heterocycles. The summed E-state index contributed by atoms with van der Waals surface area (Å²) in [5.74, 6) is 0. The lowest BCUT2D eigenvalue weighted by Crippen LogP contribution is -2.31. The third-order valence-corrected chi connectivity index (χ3v) is 8.15. The van der Waals surface area contributed by atoms with Crippen LogP contribution >= 0.6 is 15.9 Å². The van der Waals surface area contributed by atoms with Crippen LogP contribution in [0, 0.1) is 6.92 Å². The number of nitrogens with zero attached hydrogens (tertiary/aromatic N) is 5. The molecule has 0 aliphatic carbocycles. The summed E-state index contributed by atoms with van der Waals surface area (Å²) in [7, 11) is 0.983. The molecule has 0 saturated carbocycles. The first-order valence-electron chi connectivity index (χ1n) is 12.0. The minimum Gasteiger partial charge on any atom is -0.360 e. The van der Waals surface area contributed by atoms with Gasteiger partial charge < -0.3 is 14.2 Å². The van der Waals surface area contributed by atoms with Crippen molar-refractivity contribution in [3.05, 3.63) is 34.9 Å². The molecule has 1 saturated heterocycles. The van der Waals surface area contributed by atoms with Gasteiger partial charge in [-0.1, -0.05) is 19.6 Å². The van der Waals surface area contributed by atoms with E-state index in [0.29, 0.717) is 18.2 Å². The second kappa shape index (κ2) is 9.17. The van der Waals surface area contributed by atoms with E-state index >= 15 is 0 Å². The second-order valence-electron chi connectivity index (χ2n) is 9.86. The summed E-state index contributed by atoms with van der Waals surface area (Å²) in [6.07, 6.45) is 4.59. The molecular weight excluding hydrogens is 470 g/mol. The molecule has 1 fully saturated rings. The predicted octanol–water partition coefficient (Wildman–Crippen LogP) is 5.55. The van der Waals surface area contributed by atoms with Gasteiger partial charge in [-0.25, -0.2) is 9.67 Å². The van der Waals surface area contributed by atoms with E-state index in [0.717, 1.165) is 58.7 Å². The van der Waals surface area contributed by atoms with Crippen molar-refractivity contribution >= 4 is 34.9 Å². The van der Waals surface area contributed by atoms with E-state index in [2.05, 4.69) is 68.4 Å². The Labute approximate surface area is 197 Å². The number of hydrogen-bond acceptors (Lipinski definition) is 4. The molecule has 6 nitrogen and oxygen atoms in total. The van der Waals surface area contributed by atoms with Crippen LogP contribution in [-0.4, -0.2) is 59.0 Å². The Morgan fingerprint density at radius 1 is 1.29 bits per heavy atom. The third kappa shape index (κ3) is 5.30. The number of piperidine rings is 1. The average molecular weight is 507 g/mol. The molecular formula is C23H34BrN5OSi. The van der Waals surface area contributed by atoms with Crippen LogP contribution in [0.2, 0.25) is 25.7 Å². The zero-order chi connectivity index (χ0) is 23.9. The fourth-order valence-corrected chi connectivity index (χ4v) is 5.44. The number of pyridine rings is 1. The largest absolute Gasteiger partial charge is 0.360 e. The number of halogens is 1. The van der Waals surface area contributed by atoms with Gasteiger partial charge >= 0.3 is 0 Å². The van der Waals surface area contributed by atoms with Gasteiger partial charge in [-0.2, -0.15) is 5.10 Å². The SMILES string of the molecule is [2H]c1nn(COCC[Si](C)(C)C)c([2H])c1-c1cn(C2CCN(C)CC2)c2c(C)nc(Br)cc12. The molecule has 0 spiro atoms. The van der Waals surface area contributed by atoms with Crippen molar-refractivity contribution in [2.75, 3.05) is 26.7 Å². The first-order valence-corrected chi connectivity index (χ1v) is 15.5. The van der Waals surface area contributed by atoms with Gasteiger partial charge in [-0.05, 0) is 67.9 Å². The first-order chi connectivity index (χ1) is 15.5. The van der Waals surface area contributed by atoms with Crippen LogP contribution in [0.5, 0.6) is 0 Å². The molecule has 3 aromatic rings. The summed E-state index contributed by atoms with van der Waals surface area (Å²) < 4.78 is 27.8. The lowest BCUT2D eigenvalue weighted by atomic mass is 10.1. The van der Waals surface area contributed by atoms with Gasteiger partial charge in [0.15, 0.2) is 0 Å². The third-order valence-electron chi connectivity index (χ3n) is 6.04. The molecule has 4 rings (SSSR count). The number of likely N-dealkylation sites (tertiary alicyclic amines) is 1. The molecule has 1 aliphatic heterocycles. The average Bonchev–Trinajstić information content (AvgIpc) is 3.22. The molecule has 0 aromatic carbocycles. The van der Waals surface area contributed by atoms with E-state index in [4.69, 9.17) is 7.48 Å². The molecule has 168 valence electrons. The van der Waals surface area contributed by atoms with Crippen molar-refractivity contribution in [3.63, 3.8) is 0 Å². The second-order valence-corrected chi connectivity index (χ2v) is 16.3. The summed E-state index contributed by atoms with van der Waals surface area (Å²) in [5.41, 5.74) is 3.46. The van der Waals surface area contributed by atoms with Crippen LogP contribution in [0.4, 0.5) is 0 Å². The van der Waals surface area contributed by atoms with E-state index < -0.39 is 8.07 Å². The highest BCUT2D eigenvalue weighted by atomic mass is 79.9. The molecule has 0 radical (unpaired) electrons. The summed E-state index contributed by atoms with van der Waals surface area (Å²) >= 11 is 3.55. The number of aromatic nitrogens is 4. The Hall–Kier alpha value is -1.48. The van der Waals surface area contributed by atoms with Gasteiger partial charge in [0.05, 0.1) is 20.1 Å². The molecule has 0 N–H and O–H groups in total. The van der Waals surface area contributed by atoms with Gasteiger partial charge in [0.2, 0.25) is 0 Å². The van der Waals surface area contributed by atoms with Crippen LogP contribution in [0.25, 0.3) is 22.0 Å². The van der Waals surface area contributed by atoms with Crippen molar-refractivity contribution in [1.82, 2.24) is 24.2 Å². The fourth-order valence-electron chi connectivity index (χ4n) is 4.19. The number of ether oxygens (including phenoxy) is 1. The summed E-state index contributed by atoms with van der Waals surface area (Å²) in [6.45, 7) is 11.9. The van der Waals surface area contributed by atoms with Crippen LogP contribution in [-0.2, 0) is 11.5 Å². The van der Waals surface area contributed by atoms with E-state index in [1.54, 1.807) is 0 Å². The Morgan fingerprint density at radius 3 is 2.74 bits per heavy atom.